The van der Waals surface area contributed by atoms with E-state index in [0.717, 1.165) is 16.8 Å². The molecule has 0 saturated heterocycles. The van der Waals surface area contributed by atoms with Gasteiger partial charge in [0.1, 0.15) is 0 Å². The second-order valence-corrected chi connectivity index (χ2v) is 2.50. The van der Waals surface area contributed by atoms with Gasteiger partial charge in [0.15, 0.2) is 0 Å². The van der Waals surface area contributed by atoms with Crippen LogP contribution < -0.4 is 17.0 Å². The van der Waals surface area contributed by atoms with Crippen molar-refractivity contribution in [1.82, 2.24) is 5.43 Å². The minimum Gasteiger partial charge on any atom is -0.398 e. The summed E-state index contributed by atoms with van der Waals surface area (Å²) in [5.41, 5.74) is 11.1. The molecule has 0 spiro atoms. The Hall–Kier alpha value is -1.32. The quantitative estimate of drug-likeness (QED) is 0.352. The van der Waals surface area contributed by atoms with Crippen molar-refractivity contribution < 1.29 is 0 Å². The lowest BCUT2D eigenvalue weighted by Gasteiger charge is -2.07. The first-order valence-electron chi connectivity index (χ1n) is 3.73. The highest BCUT2D eigenvalue weighted by atomic mass is 15.2. The zero-order valence-corrected chi connectivity index (χ0v) is 6.88. The second kappa shape index (κ2) is 3.90. The summed E-state index contributed by atoms with van der Waals surface area (Å²) in [6.07, 6.45) is 1.77. The molecule has 0 unspecified atom stereocenters. The fraction of sp³-hybridized carbons (Fsp3) is 0.111. The van der Waals surface area contributed by atoms with Crippen molar-refractivity contribution in [1.29, 1.82) is 0 Å². The van der Waals surface area contributed by atoms with E-state index in [9.17, 15) is 0 Å². The predicted molar refractivity (Wildman–Crippen MR) is 52.0 cm³/mol. The van der Waals surface area contributed by atoms with Gasteiger partial charge >= 0.3 is 0 Å². The fourth-order valence-corrected chi connectivity index (χ4v) is 1.12. The Kier molecular flexibility index (Phi) is 2.85. The SMILES string of the molecule is C=Cc1cccc(N)c1CNN. The average molecular weight is 163 g/mol. The molecule has 1 aromatic rings. The molecular weight excluding hydrogens is 150 g/mol. The van der Waals surface area contributed by atoms with Crippen LogP contribution in [0.3, 0.4) is 0 Å². The zero-order valence-electron chi connectivity index (χ0n) is 6.88. The monoisotopic (exact) mass is 163 g/mol. The average Bonchev–Trinajstić information content (AvgIpc) is 2.09. The molecule has 12 heavy (non-hydrogen) atoms. The number of rotatable bonds is 3. The molecule has 3 nitrogen and oxygen atoms in total. The molecule has 5 N–H and O–H groups in total. The lowest BCUT2D eigenvalue weighted by atomic mass is 10.1. The topological polar surface area (TPSA) is 64.1 Å². The normalized spacial score (nSPS) is 9.75. The van der Waals surface area contributed by atoms with Crippen LogP contribution in [0.2, 0.25) is 0 Å². The number of nitrogens with two attached hydrogens (primary N) is 2. The summed E-state index contributed by atoms with van der Waals surface area (Å²) >= 11 is 0. The highest BCUT2D eigenvalue weighted by molar-refractivity contribution is 5.61. The van der Waals surface area contributed by atoms with Crippen LogP contribution in [0.5, 0.6) is 0 Å². The number of hydrazine groups is 1. The molecule has 3 heteroatoms. The van der Waals surface area contributed by atoms with Crippen LogP contribution in [-0.2, 0) is 6.54 Å². The first-order valence-corrected chi connectivity index (χ1v) is 3.73. The van der Waals surface area contributed by atoms with Crippen LogP contribution in [0.25, 0.3) is 6.08 Å². The van der Waals surface area contributed by atoms with Crippen LogP contribution in [0, 0.1) is 0 Å². The first-order chi connectivity index (χ1) is 5.79. The van der Waals surface area contributed by atoms with E-state index < -0.39 is 0 Å². The molecule has 0 atom stereocenters. The van der Waals surface area contributed by atoms with Crippen molar-refractivity contribution in [2.45, 2.75) is 6.54 Å². The van der Waals surface area contributed by atoms with E-state index >= 15 is 0 Å². The zero-order chi connectivity index (χ0) is 8.97. The Labute approximate surface area is 72.0 Å². The maximum Gasteiger partial charge on any atom is 0.0375 e. The number of nitrogens with one attached hydrogen (secondary N) is 1. The Balaban J connectivity index is 3.10. The number of hydrogen-bond acceptors (Lipinski definition) is 3. The second-order valence-electron chi connectivity index (χ2n) is 2.50. The van der Waals surface area contributed by atoms with Gasteiger partial charge in [-0.25, -0.2) is 0 Å². The molecule has 0 aliphatic heterocycles. The van der Waals surface area contributed by atoms with Crippen molar-refractivity contribution in [2.24, 2.45) is 5.84 Å². The molecule has 0 bridgehead atoms. The van der Waals surface area contributed by atoms with Crippen molar-refractivity contribution in [3.05, 3.63) is 35.9 Å². The number of benzene rings is 1. The van der Waals surface area contributed by atoms with Crippen molar-refractivity contribution >= 4 is 11.8 Å². The molecular formula is C9H13N3. The lowest BCUT2D eigenvalue weighted by Crippen LogP contribution is -2.22. The van der Waals surface area contributed by atoms with E-state index in [0.29, 0.717) is 6.54 Å². The summed E-state index contributed by atoms with van der Waals surface area (Å²) in [7, 11) is 0. The molecule has 0 fully saturated rings. The van der Waals surface area contributed by atoms with E-state index in [2.05, 4.69) is 12.0 Å². The van der Waals surface area contributed by atoms with E-state index in [1.165, 1.54) is 0 Å². The minimum atomic E-state index is 0.564. The molecule has 1 rings (SSSR count). The van der Waals surface area contributed by atoms with Gasteiger partial charge in [-0.15, -0.1) is 0 Å². The molecule has 0 saturated carbocycles. The van der Waals surface area contributed by atoms with Gasteiger partial charge in [-0.3, -0.25) is 11.3 Å². The van der Waals surface area contributed by atoms with Gasteiger partial charge in [0, 0.05) is 12.2 Å². The largest absolute Gasteiger partial charge is 0.398 e. The highest BCUT2D eigenvalue weighted by Gasteiger charge is 2.01. The Bertz CT molecular complexity index is 281. The molecule has 0 aromatic heterocycles. The van der Waals surface area contributed by atoms with Crippen LogP contribution in [0.4, 0.5) is 5.69 Å². The smallest absolute Gasteiger partial charge is 0.0375 e. The number of hydrogen-bond donors (Lipinski definition) is 3. The first kappa shape index (κ1) is 8.77. The van der Waals surface area contributed by atoms with Gasteiger partial charge in [0.05, 0.1) is 0 Å². The van der Waals surface area contributed by atoms with Crippen LogP contribution in [-0.4, -0.2) is 0 Å². The van der Waals surface area contributed by atoms with Gasteiger partial charge in [0.2, 0.25) is 0 Å². The fourth-order valence-electron chi connectivity index (χ4n) is 1.12. The third kappa shape index (κ3) is 1.64. The van der Waals surface area contributed by atoms with Crippen molar-refractivity contribution in [3.8, 4) is 0 Å². The van der Waals surface area contributed by atoms with Crippen molar-refractivity contribution in [2.75, 3.05) is 5.73 Å². The minimum absolute atomic E-state index is 0.564. The molecule has 0 aliphatic rings. The maximum absolute atomic E-state index is 5.74. The lowest BCUT2D eigenvalue weighted by molar-refractivity contribution is 0.742. The summed E-state index contributed by atoms with van der Waals surface area (Å²) in [5, 5.41) is 0. The van der Waals surface area contributed by atoms with Gasteiger partial charge in [0.25, 0.3) is 0 Å². The van der Waals surface area contributed by atoms with E-state index in [-0.39, 0.29) is 0 Å². The third-order valence-corrected chi connectivity index (χ3v) is 1.75. The molecule has 0 radical (unpaired) electrons. The van der Waals surface area contributed by atoms with Gasteiger partial charge in [-0.05, 0) is 17.2 Å². The van der Waals surface area contributed by atoms with Crippen LogP contribution in [0.1, 0.15) is 11.1 Å². The van der Waals surface area contributed by atoms with Crippen molar-refractivity contribution in [3.63, 3.8) is 0 Å². The van der Waals surface area contributed by atoms with E-state index in [1.807, 2.05) is 18.2 Å². The highest BCUT2D eigenvalue weighted by Crippen LogP contribution is 2.17. The molecule has 64 valence electrons. The van der Waals surface area contributed by atoms with Gasteiger partial charge in [-0.1, -0.05) is 24.8 Å². The summed E-state index contributed by atoms with van der Waals surface area (Å²) in [6.45, 7) is 4.25. The number of anilines is 1. The molecule has 1 aromatic carbocycles. The molecule has 0 heterocycles. The maximum atomic E-state index is 5.74. The predicted octanol–water partition coefficient (Wildman–Crippen LogP) is 0.875. The van der Waals surface area contributed by atoms with E-state index in [4.69, 9.17) is 11.6 Å². The van der Waals surface area contributed by atoms with E-state index in [1.54, 1.807) is 6.08 Å². The van der Waals surface area contributed by atoms with Gasteiger partial charge in [-0.2, -0.15) is 0 Å². The summed E-state index contributed by atoms with van der Waals surface area (Å²) < 4.78 is 0. The Morgan fingerprint density at radius 1 is 1.50 bits per heavy atom. The standard InChI is InChI=1S/C9H13N3/c1-2-7-4-3-5-9(10)8(7)6-12-11/h2-5,12H,1,6,10-11H2. The summed E-state index contributed by atoms with van der Waals surface area (Å²) in [5.74, 6) is 5.21. The molecule has 0 amide bonds. The Morgan fingerprint density at radius 3 is 2.83 bits per heavy atom. The Morgan fingerprint density at radius 2 is 2.25 bits per heavy atom. The van der Waals surface area contributed by atoms with Crippen LogP contribution in [0.15, 0.2) is 24.8 Å². The van der Waals surface area contributed by atoms with Gasteiger partial charge < -0.3 is 5.73 Å². The summed E-state index contributed by atoms with van der Waals surface area (Å²) in [6, 6.07) is 5.70. The summed E-state index contributed by atoms with van der Waals surface area (Å²) in [4.78, 5) is 0. The number of nitrogen functional groups attached to an aromatic ring is 1. The van der Waals surface area contributed by atoms with Crippen LogP contribution >= 0.6 is 0 Å². The molecule has 0 aliphatic carbocycles. The third-order valence-electron chi connectivity index (χ3n) is 1.75.